The first-order valence-corrected chi connectivity index (χ1v) is 8.15. The van der Waals surface area contributed by atoms with Crippen LogP contribution in [-0.2, 0) is 4.74 Å². The number of hydrogen-bond donors (Lipinski definition) is 1. The predicted molar refractivity (Wildman–Crippen MR) is 86.2 cm³/mol. The van der Waals surface area contributed by atoms with Crippen molar-refractivity contribution in [1.29, 1.82) is 0 Å². The number of nitrogens with one attached hydrogen (secondary N) is 1. The number of carbonyl (C=O) groups is 1. The molecule has 2 atom stereocenters. The second-order valence-corrected chi connectivity index (χ2v) is 6.20. The Bertz CT molecular complexity index is 721. The Labute approximate surface area is 134 Å². The van der Waals surface area contributed by atoms with Gasteiger partial charge >= 0.3 is 0 Å². The van der Waals surface area contributed by atoms with Gasteiger partial charge in [-0.05, 0) is 31.5 Å². The van der Waals surface area contributed by atoms with Gasteiger partial charge in [0.2, 0.25) is 0 Å². The lowest BCUT2D eigenvalue weighted by Gasteiger charge is -2.35. The van der Waals surface area contributed by atoms with Crippen molar-refractivity contribution in [2.24, 2.45) is 0 Å². The van der Waals surface area contributed by atoms with Crippen molar-refractivity contribution in [3.8, 4) is 0 Å². The minimum absolute atomic E-state index is 0.0571. The molecule has 120 valence electrons. The molecule has 0 aliphatic carbocycles. The Kier molecular flexibility index (Phi) is 3.93. The van der Waals surface area contributed by atoms with Gasteiger partial charge in [-0.3, -0.25) is 14.7 Å². The molecule has 2 fully saturated rings. The van der Waals surface area contributed by atoms with Crippen molar-refractivity contribution in [3.63, 3.8) is 0 Å². The smallest absolute Gasteiger partial charge is 0.271 e. The highest BCUT2D eigenvalue weighted by Crippen LogP contribution is 2.22. The monoisotopic (exact) mass is 312 g/mol. The zero-order valence-electron chi connectivity index (χ0n) is 12.9. The Hall–Kier alpha value is -2.05. The van der Waals surface area contributed by atoms with Crippen molar-refractivity contribution in [2.75, 3.05) is 26.2 Å². The Morgan fingerprint density at radius 2 is 2.22 bits per heavy atom. The number of para-hydroxylation sites is 2. The molecule has 2 aliphatic rings. The number of benzene rings is 1. The number of aromatic nitrogens is 2. The summed E-state index contributed by atoms with van der Waals surface area (Å²) in [5, 5.41) is 2.92. The second-order valence-electron chi connectivity index (χ2n) is 6.20. The van der Waals surface area contributed by atoms with Crippen LogP contribution in [0, 0.1) is 0 Å². The summed E-state index contributed by atoms with van der Waals surface area (Å²) in [5.41, 5.74) is 1.87. The van der Waals surface area contributed by atoms with Crippen LogP contribution in [0.3, 0.4) is 0 Å². The van der Waals surface area contributed by atoms with Crippen molar-refractivity contribution in [3.05, 3.63) is 36.2 Å². The number of morpholine rings is 1. The lowest BCUT2D eigenvalue weighted by Crippen LogP contribution is -2.50. The van der Waals surface area contributed by atoms with Crippen molar-refractivity contribution < 1.29 is 9.53 Å². The van der Waals surface area contributed by atoms with E-state index in [0.29, 0.717) is 18.3 Å². The molecule has 0 spiro atoms. The zero-order valence-corrected chi connectivity index (χ0v) is 12.9. The molecule has 0 unspecified atom stereocenters. The van der Waals surface area contributed by atoms with Gasteiger partial charge in [0.25, 0.3) is 5.91 Å². The predicted octanol–water partition coefficient (Wildman–Crippen LogP) is 1.22. The molecule has 4 rings (SSSR count). The van der Waals surface area contributed by atoms with Crippen LogP contribution < -0.4 is 5.32 Å². The van der Waals surface area contributed by atoms with E-state index in [1.54, 1.807) is 0 Å². The summed E-state index contributed by atoms with van der Waals surface area (Å²) in [6.07, 6.45) is 4.06. The minimum atomic E-state index is -0.199. The van der Waals surface area contributed by atoms with Crippen molar-refractivity contribution >= 4 is 16.9 Å². The number of hydrogen-bond acceptors (Lipinski definition) is 5. The molecule has 2 saturated heterocycles. The normalized spacial score (nSPS) is 24.5. The average Bonchev–Trinajstić information content (AvgIpc) is 3.07. The summed E-state index contributed by atoms with van der Waals surface area (Å²) in [4.78, 5) is 23.4. The second kappa shape index (κ2) is 6.22. The van der Waals surface area contributed by atoms with Gasteiger partial charge in [-0.2, -0.15) is 0 Å². The number of rotatable bonds is 3. The summed E-state index contributed by atoms with van der Waals surface area (Å²) in [6, 6.07) is 8.11. The van der Waals surface area contributed by atoms with E-state index in [2.05, 4.69) is 20.2 Å². The Balaban J connectivity index is 1.37. The fourth-order valence-electron chi connectivity index (χ4n) is 3.37. The van der Waals surface area contributed by atoms with E-state index in [9.17, 15) is 4.79 Å². The first kappa shape index (κ1) is 14.5. The maximum atomic E-state index is 12.3. The molecule has 1 amide bonds. The van der Waals surface area contributed by atoms with Crippen LogP contribution in [0.15, 0.2) is 30.5 Å². The first-order chi connectivity index (χ1) is 11.3. The molecule has 3 heterocycles. The Morgan fingerprint density at radius 3 is 3.13 bits per heavy atom. The van der Waals surface area contributed by atoms with E-state index >= 15 is 0 Å². The number of amides is 1. The summed E-state index contributed by atoms with van der Waals surface area (Å²) < 4.78 is 5.86. The molecule has 6 nitrogen and oxygen atoms in total. The van der Waals surface area contributed by atoms with Crippen LogP contribution in [0.5, 0.6) is 0 Å². The summed E-state index contributed by atoms with van der Waals surface area (Å²) in [5.74, 6) is -0.199. The van der Waals surface area contributed by atoms with Gasteiger partial charge in [0.1, 0.15) is 5.69 Å². The van der Waals surface area contributed by atoms with Gasteiger partial charge in [-0.1, -0.05) is 12.1 Å². The molecule has 6 heteroatoms. The fraction of sp³-hybridized carbons (Fsp3) is 0.471. The maximum absolute atomic E-state index is 12.3. The third kappa shape index (κ3) is 3.04. The standard InChI is InChI=1S/C17H20N4O2/c22-17(16-9-18-14-5-1-2-6-15(14)20-16)19-8-13-10-21-7-3-4-12(21)11-23-13/h1-2,5-6,9,12-13H,3-4,7-8,10-11H2,(H,19,22)/t12-,13+/m0/s1. The molecule has 23 heavy (non-hydrogen) atoms. The van der Waals surface area contributed by atoms with Crippen molar-refractivity contribution in [1.82, 2.24) is 20.2 Å². The SMILES string of the molecule is O=C(NC[C@@H]1CN2CCC[C@H]2CO1)c1cnc2ccccc2n1. The van der Waals surface area contributed by atoms with E-state index in [1.807, 2.05) is 24.3 Å². The average molecular weight is 312 g/mol. The van der Waals surface area contributed by atoms with E-state index in [0.717, 1.165) is 30.7 Å². The molecule has 1 aromatic carbocycles. The molecule has 0 radical (unpaired) electrons. The quantitative estimate of drug-likeness (QED) is 0.923. The number of ether oxygens (including phenoxy) is 1. The van der Waals surface area contributed by atoms with Crippen LogP contribution in [0.2, 0.25) is 0 Å². The van der Waals surface area contributed by atoms with Crippen LogP contribution in [0.4, 0.5) is 0 Å². The molecule has 0 bridgehead atoms. The number of nitrogens with zero attached hydrogens (tertiary/aromatic N) is 3. The van der Waals surface area contributed by atoms with Crippen molar-refractivity contribution in [2.45, 2.75) is 25.0 Å². The molecular weight excluding hydrogens is 292 g/mol. The zero-order chi connectivity index (χ0) is 15.6. The van der Waals surface area contributed by atoms with Gasteiger partial charge in [0, 0.05) is 19.1 Å². The van der Waals surface area contributed by atoms with E-state index < -0.39 is 0 Å². The van der Waals surface area contributed by atoms with Crippen LogP contribution in [0.1, 0.15) is 23.3 Å². The third-order valence-electron chi connectivity index (χ3n) is 4.63. The van der Waals surface area contributed by atoms with Gasteiger partial charge in [0.15, 0.2) is 0 Å². The summed E-state index contributed by atoms with van der Waals surface area (Å²) in [7, 11) is 0. The van der Waals surface area contributed by atoms with Crippen LogP contribution in [-0.4, -0.2) is 59.2 Å². The topological polar surface area (TPSA) is 67.4 Å². The fourth-order valence-corrected chi connectivity index (χ4v) is 3.37. The lowest BCUT2D eigenvalue weighted by atomic mass is 10.2. The largest absolute Gasteiger partial charge is 0.373 e. The highest BCUT2D eigenvalue weighted by atomic mass is 16.5. The molecule has 1 N–H and O–H groups in total. The van der Waals surface area contributed by atoms with Crippen LogP contribution in [0.25, 0.3) is 11.0 Å². The van der Waals surface area contributed by atoms with Crippen LogP contribution >= 0.6 is 0 Å². The highest BCUT2D eigenvalue weighted by molar-refractivity contribution is 5.93. The highest BCUT2D eigenvalue weighted by Gasteiger charge is 2.32. The summed E-state index contributed by atoms with van der Waals surface area (Å²) >= 11 is 0. The van der Waals surface area contributed by atoms with E-state index in [4.69, 9.17) is 4.74 Å². The molecule has 2 aliphatic heterocycles. The van der Waals surface area contributed by atoms with Gasteiger partial charge in [-0.25, -0.2) is 4.98 Å². The molecule has 2 aromatic rings. The van der Waals surface area contributed by atoms with Gasteiger partial charge in [-0.15, -0.1) is 0 Å². The minimum Gasteiger partial charge on any atom is -0.373 e. The molecule has 0 saturated carbocycles. The van der Waals surface area contributed by atoms with E-state index in [-0.39, 0.29) is 12.0 Å². The lowest BCUT2D eigenvalue weighted by molar-refractivity contribution is -0.0462. The molecular formula is C17H20N4O2. The Morgan fingerprint density at radius 1 is 1.35 bits per heavy atom. The first-order valence-electron chi connectivity index (χ1n) is 8.15. The third-order valence-corrected chi connectivity index (χ3v) is 4.63. The summed E-state index contributed by atoms with van der Waals surface area (Å²) in [6.45, 7) is 3.33. The number of carbonyl (C=O) groups excluding carboxylic acids is 1. The van der Waals surface area contributed by atoms with Gasteiger partial charge < -0.3 is 10.1 Å². The molecule has 1 aromatic heterocycles. The van der Waals surface area contributed by atoms with Gasteiger partial charge in [0.05, 0.1) is 29.9 Å². The maximum Gasteiger partial charge on any atom is 0.271 e. The number of fused-ring (bicyclic) bond motifs is 2. The van der Waals surface area contributed by atoms with E-state index in [1.165, 1.54) is 19.0 Å².